The van der Waals surface area contributed by atoms with Crippen molar-refractivity contribution in [3.05, 3.63) is 41.2 Å². The van der Waals surface area contributed by atoms with Gasteiger partial charge in [0, 0.05) is 25.2 Å². The number of piperidine rings is 1. The van der Waals surface area contributed by atoms with Crippen LogP contribution in [0.15, 0.2) is 24.3 Å². The highest BCUT2D eigenvalue weighted by Gasteiger charge is 2.37. The van der Waals surface area contributed by atoms with Gasteiger partial charge in [0.15, 0.2) is 5.69 Å². The molecule has 2 atom stereocenters. The van der Waals surface area contributed by atoms with E-state index >= 15 is 0 Å². The molecule has 1 aromatic heterocycles. The van der Waals surface area contributed by atoms with Gasteiger partial charge < -0.3 is 10.2 Å². The number of nitrogens with zero attached hydrogens (tertiary/aromatic N) is 4. The van der Waals surface area contributed by atoms with Crippen LogP contribution in [0, 0.1) is 13.8 Å². The minimum atomic E-state index is -0.0253. The van der Waals surface area contributed by atoms with Crippen LogP contribution in [0.3, 0.4) is 0 Å². The fourth-order valence-corrected chi connectivity index (χ4v) is 4.21. The van der Waals surface area contributed by atoms with Gasteiger partial charge in [-0.25, -0.2) is 4.68 Å². The number of carbonyl (C=O) groups excluding carboxylic acids is 1. The summed E-state index contributed by atoms with van der Waals surface area (Å²) < 4.78 is 1.75. The summed E-state index contributed by atoms with van der Waals surface area (Å²) in [5, 5.41) is 12.0. The van der Waals surface area contributed by atoms with Crippen LogP contribution in [0.4, 0.5) is 0 Å². The molecule has 2 fully saturated rings. The summed E-state index contributed by atoms with van der Waals surface area (Å²) in [5.74, 6) is -0.0253. The van der Waals surface area contributed by atoms with E-state index in [0.29, 0.717) is 17.8 Å². The van der Waals surface area contributed by atoms with Crippen LogP contribution in [0.1, 0.15) is 47.4 Å². The van der Waals surface area contributed by atoms with Crippen LogP contribution in [0.2, 0.25) is 0 Å². The maximum absolute atomic E-state index is 13.0. The zero-order valence-electron chi connectivity index (χ0n) is 15.1. The van der Waals surface area contributed by atoms with Crippen molar-refractivity contribution in [2.24, 2.45) is 0 Å². The lowest BCUT2D eigenvalue weighted by molar-refractivity contribution is 0.0675. The van der Waals surface area contributed by atoms with Crippen LogP contribution in [0.5, 0.6) is 0 Å². The molecule has 6 nitrogen and oxygen atoms in total. The largest absolute Gasteiger partial charge is 0.337 e. The van der Waals surface area contributed by atoms with Gasteiger partial charge in [-0.15, -0.1) is 5.10 Å². The number of nitrogens with one attached hydrogen (secondary N) is 1. The molecule has 25 heavy (non-hydrogen) atoms. The van der Waals surface area contributed by atoms with Gasteiger partial charge in [-0.1, -0.05) is 17.3 Å². The second kappa shape index (κ2) is 6.26. The fourth-order valence-electron chi connectivity index (χ4n) is 4.21. The fraction of sp³-hybridized carbons (Fsp3) is 0.526. The Bertz CT molecular complexity index is 787. The number of aromatic nitrogens is 3. The van der Waals surface area contributed by atoms with Crippen LogP contribution < -0.4 is 5.32 Å². The van der Waals surface area contributed by atoms with Crippen LogP contribution >= 0.6 is 0 Å². The van der Waals surface area contributed by atoms with Crippen molar-refractivity contribution in [1.29, 1.82) is 0 Å². The van der Waals surface area contributed by atoms with Gasteiger partial charge in [0.2, 0.25) is 0 Å². The molecular weight excluding hydrogens is 314 g/mol. The monoisotopic (exact) mass is 339 g/mol. The third-order valence-corrected chi connectivity index (χ3v) is 5.66. The second-order valence-corrected chi connectivity index (χ2v) is 7.45. The summed E-state index contributed by atoms with van der Waals surface area (Å²) in [5.41, 5.74) is 3.34. The molecular formula is C19H25N5O. The molecule has 0 spiro atoms. The number of hydrogen-bond acceptors (Lipinski definition) is 4. The zero-order valence-corrected chi connectivity index (χ0v) is 15.1. The Hall–Kier alpha value is -2.21. The summed E-state index contributed by atoms with van der Waals surface area (Å²) in [6.45, 7) is 3.95. The number of benzene rings is 1. The molecule has 132 valence electrons. The first-order chi connectivity index (χ1) is 12.0. The average Bonchev–Trinajstić information content (AvgIpc) is 3.15. The lowest BCUT2D eigenvalue weighted by Crippen LogP contribution is -2.48. The molecule has 2 bridgehead atoms. The number of hydrogen-bond donors (Lipinski definition) is 1. The summed E-state index contributed by atoms with van der Waals surface area (Å²) in [4.78, 5) is 14.9. The number of carbonyl (C=O) groups is 1. The lowest BCUT2D eigenvalue weighted by Gasteiger charge is -2.35. The first-order valence-electron chi connectivity index (χ1n) is 9.05. The average molecular weight is 339 g/mol. The van der Waals surface area contributed by atoms with Gasteiger partial charge >= 0.3 is 0 Å². The van der Waals surface area contributed by atoms with Gasteiger partial charge in [0.25, 0.3) is 5.91 Å². The van der Waals surface area contributed by atoms with Crippen molar-refractivity contribution in [2.45, 2.75) is 57.7 Å². The molecule has 6 heteroatoms. The van der Waals surface area contributed by atoms with Crippen LogP contribution in [-0.2, 0) is 0 Å². The molecule has 1 aromatic carbocycles. The predicted molar refractivity (Wildman–Crippen MR) is 95.9 cm³/mol. The van der Waals surface area contributed by atoms with Crippen molar-refractivity contribution in [2.75, 3.05) is 7.05 Å². The Balaban J connectivity index is 1.56. The Morgan fingerprint density at radius 2 is 1.96 bits per heavy atom. The molecule has 3 heterocycles. The SMILES string of the molecule is Cc1cccc(-n2nnc(C(=O)N(C)C3CC4CCC(C3)N4)c2C)c1. The maximum atomic E-state index is 13.0. The smallest absolute Gasteiger partial charge is 0.276 e. The molecule has 1 amide bonds. The Labute approximate surface area is 148 Å². The van der Waals surface area contributed by atoms with Crippen LogP contribution in [-0.4, -0.2) is 51.0 Å². The number of rotatable bonds is 3. The molecule has 2 aromatic rings. The highest BCUT2D eigenvalue weighted by atomic mass is 16.2. The number of fused-ring (bicyclic) bond motifs is 2. The molecule has 2 aliphatic heterocycles. The van der Waals surface area contributed by atoms with E-state index in [1.54, 1.807) is 4.68 Å². The topological polar surface area (TPSA) is 63.1 Å². The maximum Gasteiger partial charge on any atom is 0.276 e. The first kappa shape index (κ1) is 16.3. The Morgan fingerprint density at radius 1 is 1.24 bits per heavy atom. The van der Waals surface area contributed by atoms with E-state index < -0.39 is 0 Å². The molecule has 1 N–H and O–H groups in total. The van der Waals surface area contributed by atoms with Crippen molar-refractivity contribution in [1.82, 2.24) is 25.2 Å². The van der Waals surface area contributed by atoms with E-state index in [0.717, 1.165) is 29.8 Å². The quantitative estimate of drug-likeness (QED) is 0.931. The van der Waals surface area contributed by atoms with E-state index in [-0.39, 0.29) is 11.9 Å². The highest BCUT2D eigenvalue weighted by Crippen LogP contribution is 2.30. The third-order valence-electron chi connectivity index (χ3n) is 5.66. The van der Waals surface area contributed by atoms with Gasteiger partial charge in [0.05, 0.1) is 11.4 Å². The molecule has 2 saturated heterocycles. The lowest BCUT2D eigenvalue weighted by atomic mass is 9.98. The van der Waals surface area contributed by atoms with Crippen molar-refractivity contribution in [3.8, 4) is 5.69 Å². The third kappa shape index (κ3) is 2.95. The Morgan fingerprint density at radius 3 is 2.64 bits per heavy atom. The van der Waals surface area contributed by atoms with Crippen LogP contribution in [0.25, 0.3) is 5.69 Å². The van der Waals surface area contributed by atoms with E-state index in [4.69, 9.17) is 0 Å². The predicted octanol–water partition coefficient (Wildman–Crippen LogP) is 2.24. The van der Waals surface area contributed by atoms with E-state index in [9.17, 15) is 4.79 Å². The number of amides is 1. The number of aryl methyl sites for hydroxylation is 1. The Kier molecular flexibility index (Phi) is 4.07. The van der Waals surface area contributed by atoms with Gasteiger partial charge in [0.1, 0.15) is 0 Å². The summed E-state index contributed by atoms with van der Waals surface area (Å²) in [6, 6.07) is 9.47. The molecule has 2 unspecified atom stereocenters. The molecule has 0 radical (unpaired) electrons. The first-order valence-corrected chi connectivity index (χ1v) is 9.05. The van der Waals surface area contributed by atoms with E-state index in [2.05, 4.69) is 15.6 Å². The van der Waals surface area contributed by atoms with E-state index in [1.807, 2.05) is 50.1 Å². The zero-order chi connectivity index (χ0) is 17.6. The minimum absolute atomic E-state index is 0.0253. The van der Waals surface area contributed by atoms with Crippen molar-refractivity contribution in [3.63, 3.8) is 0 Å². The minimum Gasteiger partial charge on any atom is -0.337 e. The van der Waals surface area contributed by atoms with Gasteiger partial charge in [-0.2, -0.15) is 0 Å². The normalized spacial score (nSPS) is 25.2. The molecule has 0 saturated carbocycles. The van der Waals surface area contributed by atoms with Gasteiger partial charge in [-0.05, 0) is 57.2 Å². The molecule has 4 rings (SSSR count). The standard InChI is InChI=1S/C19H25N5O/c1-12-5-4-6-16(9-12)24-13(2)18(21-22-24)19(25)23(3)17-10-14-7-8-15(11-17)20-14/h4-6,9,14-15,17,20H,7-8,10-11H2,1-3H3. The summed E-state index contributed by atoms with van der Waals surface area (Å²) >= 11 is 0. The van der Waals surface area contributed by atoms with Crippen molar-refractivity contribution >= 4 is 5.91 Å². The summed E-state index contributed by atoms with van der Waals surface area (Å²) in [6.07, 6.45) is 4.52. The van der Waals surface area contributed by atoms with Crippen molar-refractivity contribution < 1.29 is 4.79 Å². The molecule has 2 aliphatic rings. The van der Waals surface area contributed by atoms with E-state index in [1.165, 1.54) is 12.8 Å². The second-order valence-electron chi connectivity index (χ2n) is 7.45. The molecule has 0 aliphatic carbocycles. The highest BCUT2D eigenvalue weighted by molar-refractivity contribution is 5.93. The summed E-state index contributed by atoms with van der Waals surface area (Å²) in [7, 11) is 1.91. The van der Waals surface area contributed by atoms with Gasteiger partial charge in [-0.3, -0.25) is 4.79 Å².